The summed E-state index contributed by atoms with van der Waals surface area (Å²) in [6, 6.07) is 14.5. The van der Waals surface area contributed by atoms with Crippen molar-refractivity contribution in [1.29, 1.82) is 0 Å². The number of hydrogen-bond donors (Lipinski definition) is 1. The van der Waals surface area contributed by atoms with Gasteiger partial charge in [0.25, 0.3) is 0 Å². The predicted octanol–water partition coefficient (Wildman–Crippen LogP) is 3.36. The van der Waals surface area contributed by atoms with E-state index in [0.717, 1.165) is 72.5 Å². The van der Waals surface area contributed by atoms with Gasteiger partial charge in [-0.2, -0.15) is 0 Å². The number of aromatic nitrogens is 1. The summed E-state index contributed by atoms with van der Waals surface area (Å²) in [5.41, 5.74) is 10.2. The highest BCUT2D eigenvalue weighted by molar-refractivity contribution is 7.07. The molecule has 162 valence electrons. The maximum absolute atomic E-state index is 5.81. The van der Waals surface area contributed by atoms with Crippen molar-refractivity contribution in [3.63, 3.8) is 0 Å². The molecule has 1 saturated heterocycles. The number of hydrogen-bond acceptors (Lipinski definition) is 7. The maximum Gasteiger partial charge on any atom is 0.231 e. The summed E-state index contributed by atoms with van der Waals surface area (Å²) in [4.78, 5) is 8.24. The van der Waals surface area contributed by atoms with E-state index in [-0.39, 0.29) is 6.79 Å². The highest BCUT2D eigenvalue weighted by Gasteiger charge is 2.16. The Balaban J connectivity index is 1.46. The molecular formula is C23H26N4O3S. The number of benzene rings is 2. The van der Waals surface area contributed by atoms with Crippen molar-refractivity contribution in [3.05, 3.63) is 52.6 Å². The summed E-state index contributed by atoms with van der Waals surface area (Å²) in [6.07, 6.45) is 0.886. The van der Waals surface area contributed by atoms with Gasteiger partial charge >= 0.3 is 0 Å². The van der Waals surface area contributed by atoms with Crippen molar-refractivity contribution in [2.24, 2.45) is 10.7 Å². The third-order valence-electron chi connectivity index (χ3n) is 5.50. The summed E-state index contributed by atoms with van der Waals surface area (Å²) < 4.78 is 18.7. The molecule has 0 aliphatic carbocycles. The molecule has 0 bridgehead atoms. The van der Waals surface area contributed by atoms with E-state index in [1.807, 2.05) is 12.1 Å². The fraction of sp³-hybridized carbons (Fsp3) is 0.348. The zero-order chi connectivity index (χ0) is 21.0. The number of rotatable bonds is 6. The van der Waals surface area contributed by atoms with Crippen molar-refractivity contribution >= 4 is 22.7 Å². The minimum Gasteiger partial charge on any atom is -0.454 e. The van der Waals surface area contributed by atoms with E-state index >= 15 is 0 Å². The molecule has 0 spiro atoms. The van der Waals surface area contributed by atoms with Crippen LogP contribution in [0.25, 0.3) is 11.3 Å². The van der Waals surface area contributed by atoms with Crippen LogP contribution in [0.1, 0.15) is 6.42 Å². The van der Waals surface area contributed by atoms with Gasteiger partial charge in [-0.05, 0) is 55.4 Å². The molecule has 3 aromatic rings. The molecule has 0 amide bonds. The van der Waals surface area contributed by atoms with Crippen molar-refractivity contribution in [2.45, 2.75) is 13.0 Å². The van der Waals surface area contributed by atoms with Crippen molar-refractivity contribution in [3.8, 4) is 22.8 Å². The second-order valence-corrected chi connectivity index (χ2v) is 8.33. The van der Waals surface area contributed by atoms with Crippen molar-refractivity contribution in [1.82, 2.24) is 4.57 Å². The molecule has 2 N–H and O–H groups in total. The Labute approximate surface area is 185 Å². The molecule has 3 heterocycles. The van der Waals surface area contributed by atoms with Crippen LogP contribution in [0.2, 0.25) is 0 Å². The number of morpholine rings is 1. The lowest BCUT2D eigenvalue weighted by molar-refractivity contribution is 0.122. The monoisotopic (exact) mass is 438 g/mol. The van der Waals surface area contributed by atoms with Crippen LogP contribution in [0, 0.1) is 0 Å². The van der Waals surface area contributed by atoms with Crippen LogP contribution >= 0.6 is 11.3 Å². The number of anilines is 1. The third-order valence-corrected chi connectivity index (χ3v) is 6.37. The van der Waals surface area contributed by atoms with Gasteiger partial charge in [0.1, 0.15) is 0 Å². The predicted molar refractivity (Wildman–Crippen MR) is 122 cm³/mol. The van der Waals surface area contributed by atoms with Crippen LogP contribution in [-0.2, 0) is 11.3 Å². The number of fused-ring (bicyclic) bond motifs is 1. The van der Waals surface area contributed by atoms with E-state index in [1.54, 1.807) is 11.3 Å². The minimum atomic E-state index is 0.274. The first-order valence-corrected chi connectivity index (χ1v) is 11.5. The first-order valence-electron chi connectivity index (χ1n) is 10.6. The van der Waals surface area contributed by atoms with Crippen LogP contribution in [0.4, 0.5) is 11.4 Å². The van der Waals surface area contributed by atoms with Gasteiger partial charge in [0.15, 0.2) is 16.3 Å². The Bertz CT molecular complexity index is 1100. The van der Waals surface area contributed by atoms with Crippen LogP contribution in [0.15, 0.2) is 52.8 Å². The second kappa shape index (κ2) is 9.13. The number of nitrogens with zero attached hydrogens (tertiary/aromatic N) is 3. The van der Waals surface area contributed by atoms with Gasteiger partial charge in [0, 0.05) is 36.3 Å². The Kier molecular flexibility index (Phi) is 5.93. The first kappa shape index (κ1) is 20.1. The van der Waals surface area contributed by atoms with Gasteiger partial charge in [-0.1, -0.05) is 0 Å². The Hall–Kier alpha value is -2.81. The van der Waals surface area contributed by atoms with Crippen LogP contribution < -0.4 is 24.9 Å². The lowest BCUT2D eigenvalue weighted by atomic mass is 10.1. The van der Waals surface area contributed by atoms with Crippen LogP contribution in [-0.4, -0.2) is 44.2 Å². The third kappa shape index (κ3) is 4.32. The molecule has 31 heavy (non-hydrogen) atoms. The lowest BCUT2D eigenvalue weighted by Gasteiger charge is -2.28. The summed E-state index contributed by atoms with van der Waals surface area (Å²) in [5, 5.41) is 2.15. The molecular weight excluding hydrogens is 412 g/mol. The van der Waals surface area contributed by atoms with E-state index in [9.17, 15) is 0 Å². The average molecular weight is 439 g/mol. The molecule has 8 heteroatoms. The smallest absolute Gasteiger partial charge is 0.231 e. The minimum absolute atomic E-state index is 0.274. The zero-order valence-corrected chi connectivity index (χ0v) is 18.1. The summed E-state index contributed by atoms with van der Waals surface area (Å²) in [5.74, 6) is 1.57. The van der Waals surface area contributed by atoms with Gasteiger partial charge in [0.2, 0.25) is 6.79 Å². The summed E-state index contributed by atoms with van der Waals surface area (Å²) in [6.45, 7) is 5.15. The van der Waals surface area contributed by atoms with E-state index in [2.05, 4.69) is 45.2 Å². The van der Waals surface area contributed by atoms with Gasteiger partial charge in [-0.25, -0.2) is 4.99 Å². The van der Waals surface area contributed by atoms with Crippen LogP contribution in [0.5, 0.6) is 11.5 Å². The molecule has 5 rings (SSSR count). The van der Waals surface area contributed by atoms with Gasteiger partial charge in [0.05, 0.1) is 24.6 Å². The molecule has 0 unspecified atom stereocenters. The van der Waals surface area contributed by atoms with Crippen molar-refractivity contribution < 1.29 is 14.2 Å². The Morgan fingerprint density at radius 2 is 1.81 bits per heavy atom. The van der Waals surface area contributed by atoms with E-state index < -0.39 is 0 Å². The molecule has 2 aliphatic rings. The number of nitrogens with two attached hydrogens (primary N) is 1. The summed E-state index contributed by atoms with van der Waals surface area (Å²) >= 11 is 1.64. The fourth-order valence-electron chi connectivity index (χ4n) is 3.84. The summed E-state index contributed by atoms with van der Waals surface area (Å²) in [7, 11) is 0. The molecule has 1 fully saturated rings. The molecule has 0 atom stereocenters. The van der Waals surface area contributed by atoms with Gasteiger partial charge < -0.3 is 29.4 Å². The molecule has 7 nitrogen and oxygen atoms in total. The number of thiazole rings is 1. The Morgan fingerprint density at radius 1 is 1.00 bits per heavy atom. The highest BCUT2D eigenvalue weighted by atomic mass is 32.1. The van der Waals surface area contributed by atoms with Crippen molar-refractivity contribution in [2.75, 3.05) is 44.5 Å². The SMILES string of the molecule is NCCCn1c(-c2ccc3c(c2)OCO3)csc1=Nc1ccc(N2CCOCC2)cc1. The Morgan fingerprint density at radius 3 is 2.61 bits per heavy atom. The maximum atomic E-state index is 5.81. The van der Waals surface area contributed by atoms with Crippen LogP contribution in [0.3, 0.4) is 0 Å². The van der Waals surface area contributed by atoms with Gasteiger partial charge in [-0.3, -0.25) is 0 Å². The normalized spacial score (nSPS) is 16.2. The lowest BCUT2D eigenvalue weighted by Crippen LogP contribution is -2.36. The molecule has 0 saturated carbocycles. The molecule has 2 aromatic carbocycles. The fourth-order valence-corrected chi connectivity index (χ4v) is 4.80. The molecule has 0 radical (unpaired) electrons. The zero-order valence-electron chi connectivity index (χ0n) is 17.3. The second-order valence-electron chi connectivity index (χ2n) is 7.49. The quantitative estimate of drug-likeness (QED) is 0.639. The number of ether oxygens (including phenoxy) is 3. The topological polar surface area (TPSA) is 74.2 Å². The average Bonchev–Trinajstić information content (AvgIpc) is 3.45. The van der Waals surface area contributed by atoms with E-state index in [0.29, 0.717) is 6.54 Å². The van der Waals surface area contributed by atoms with Gasteiger partial charge in [-0.15, -0.1) is 11.3 Å². The highest BCUT2D eigenvalue weighted by Crippen LogP contribution is 2.36. The first-order chi connectivity index (χ1) is 15.3. The molecule has 2 aliphatic heterocycles. The standard InChI is InChI=1S/C23H26N4O3S/c24-8-1-9-27-20(17-2-7-21-22(14-17)30-16-29-21)15-31-23(27)25-18-3-5-19(6-4-18)26-10-12-28-13-11-26/h2-7,14-15H,1,8-13,16,24H2. The largest absolute Gasteiger partial charge is 0.454 e. The van der Waals surface area contributed by atoms with E-state index in [1.165, 1.54) is 5.69 Å². The van der Waals surface area contributed by atoms with E-state index in [4.69, 9.17) is 24.9 Å². The molecule has 1 aromatic heterocycles.